The van der Waals surface area contributed by atoms with Crippen molar-refractivity contribution < 1.29 is 19.1 Å². The van der Waals surface area contributed by atoms with Gasteiger partial charge in [-0.1, -0.05) is 56.3 Å². The first-order valence-electron chi connectivity index (χ1n) is 10.8. The van der Waals surface area contributed by atoms with Gasteiger partial charge in [0.25, 0.3) is 11.7 Å². The van der Waals surface area contributed by atoms with E-state index in [4.69, 9.17) is 0 Å². The van der Waals surface area contributed by atoms with Crippen molar-refractivity contribution in [2.45, 2.75) is 39.3 Å². The SMILES string of the molecule is Cc1ccc(C(O)=C2C(=O)C(=O)N(Cc3cccnc3)[C@@H]2c2ccc(C(C)C)cc2)cc1F. The maximum absolute atomic E-state index is 14.2. The van der Waals surface area contributed by atoms with Crippen LogP contribution in [0.15, 0.2) is 72.6 Å². The summed E-state index contributed by atoms with van der Waals surface area (Å²) in [5, 5.41) is 11.1. The van der Waals surface area contributed by atoms with Crippen molar-refractivity contribution in [2.75, 3.05) is 0 Å². The van der Waals surface area contributed by atoms with Crippen LogP contribution in [0.2, 0.25) is 0 Å². The largest absolute Gasteiger partial charge is 0.507 e. The minimum absolute atomic E-state index is 0.0514. The molecule has 2 aromatic carbocycles. The van der Waals surface area contributed by atoms with Gasteiger partial charge >= 0.3 is 0 Å². The highest BCUT2D eigenvalue weighted by molar-refractivity contribution is 6.46. The van der Waals surface area contributed by atoms with Crippen molar-refractivity contribution in [2.24, 2.45) is 0 Å². The number of ketones is 1. The van der Waals surface area contributed by atoms with Crippen LogP contribution >= 0.6 is 0 Å². The lowest BCUT2D eigenvalue weighted by molar-refractivity contribution is -0.140. The molecule has 1 fully saturated rings. The first kappa shape index (κ1) is 22.4. The predicted molar refractivity (Wildman–Crippen MR) is 124 cm³/mol. The molecule has 4 rings (SSSR count). The van der Waals surface area contributed by atoms with E-state index in [-0.39, 0.29) is 23.4 Å². The van der Waals surface area contributed by atoms with Crippen LogP contribution in [-0.2, 0) is 16.1 Å². The fourth-order valence-electron chi connectivity index (χ4n) is 4.04. The zero-order valence-electron chi connectivity index (χ0n) is 18.7. The highest BCUT2D eigenvalue weighted by Gasteiger charge is 2.46. The normalized spacial score (nSPS) is 17.7. The molecule has 3 aromatic rings. The van der Waals surface area contributed by atoms with Gasteiger partial charge in [-0.3, -0.25) is 14.6 Å². The summed E-state index contributed by atoms with van der Waals surface area (Å²) in [6.07, 6.45) is 3.26. The number of likely N-dealkylation sites (tertiary alicyclic amines) is 1. The van der Waals surface area contributed by atoms with Crippen molar-refractivity contribution in [3.8, 4) is 0 Å². The van der Waals surface area contributed by atoms with Gasteiger partial charge in [-0.2, -0.15) is 0 Å². The number of nitrogens with zero attached hydrogens (tertiary/aromatic N) is 2. The molecule has 1 saturated heterocycles. The Balaban J connectivity index is 1.86. The Bertz CT molecular complexity index is 1230. The second-order valence-electron chi connectivity index (χ2n) is 8.57. The Morgan fingerprint density at radius 1 is 1.12 bits per heavy atom. The highest BCUT2D eigenvalue weighted by Crippen LogP contribution is 2.40. The molecule has 1 N–H and O–H groups in total. The molecule has 1 amide bonds. The number of aliphatic hydroxyl groups is 1. The summed E-state index contributed by atoms with van der Waals surface area (Å²) in [7, 11) is 0. The van der Waals surface area contributed by atoms with Gasteiger partial charge in [-0.25, -0.2) is 4.39 Å². The third kappa shape index (κ3) is 4.29. The number of carbonyl (C=O) groups excluding carboxylic acids is 2. The van der Waals surface area contributed by atoms with Crippen molar-refractivity contribution in [3.63, 3.8) is 0 Å². The molecule has 0 bridgehead atoms. The smallest absolute Gasteiger partial charge is 0.295 e. The van der Waals surface area contributed by atoms with E-state index in [0.29, 0.717) is 17.0 Å². The molecule has 1 aliphatic rings. The maximum atomic E-state index is 14.2. The Morgan fingerprint density at radius 2 is 1.85 bits per heavy atom. The number of hydrogen-bond acceptors (Lipinski definition) is 4. The molecule has 0 saturated carbocycles. The summed E-state index contributed by atoms with van der Waals surface area (Å²) in [6, 6.07) is 14.7. The van der Waals surface area contributed by atoms with Crippen molar-refractivity contribution in [1.82, 2.24) is 9.88 Å². The van der Waals surface area contributed by atoms with Crippen LogP contribution in [0, 0.1) is 12.7 Å². The van der Waals surface area contributed by atoms with Crippen LogP contribution in [0.4, 0.5) is 4.39 Å². The first-order chi connectivity index (χ1) is 15.8. The Morgan fingerprint density at radius 3 is 2.45 bits per heavy atom. The van der Waals surface area contributed by atoms with Gasteiger partial charge in [0, 0.05) is 24.5 Å². The van der Waals surface area contributed by atoms with Gasteiger partial charge in [0.2, 0.25) is 0 Å². The average Bonchev–Trinajstić information content (AvgIpc) is 3.06. The van der Waals surface area contributed by atoms with E-state index in [1.54, 1.807) is 31.5 Å². The van der Waals surface area contributed by atoms with E-state index < -0.39 is 23.5 Å². The summed E-state index contributed by atoms with van der Waals surface area (Å²) in [5.74, 6) is -2.09. The fourth-order valence-corrected chi connectivity index (χ4v) is 4.04. The maximum Gasteiger partial charge on any atom is 0.295 e. The van der Waals surface area contributed by atoms with Crippen LogP contribution in [-0.4, -0.2) is 26.7 Å². The minimum atomic E-state index is -0.809. The van der Waals surface area contributed by atoms with Gasteiger partial charge in [0.1, 0.15) is 11.6 Å². The lowest BCUT2D eigenvalue weighted by Crippen LogP contribution is -2.29. The average molecular weight is 445 g/mol. The molecule has 0 radical (unpaired) electrons. The quantitative estimate of drug-likeness (QED) is 0.330. The van der Waals surface area contributed by atoms with E-state index in [1.807, 2.05) is 30.3 Å². The van der Waals surface area contributed by atoms with Crippen LogP contribution in [0.5, 0.6) is 0 Å². The molecule has 1 aromatic heterocycles. The number of carbonyl (C=O) groups is 2. The number of aliphatic hydroxyl groups excluding tert-OH is 1. The van der Waals surface area contributed by atoms with Gasteiger partial charge < -0.3 is 10.0 Å². The number of Topliss-reactive ketones (excluding diaryl/α,β-unsaturated/α-hetero) is 1. The zero-order chi connectivity index (χ0) is 23.7. The standard InChI is InChI=1S/C27H25FN2O3/c1-16(2)19-8-10-20(11-9-19)24-23(25(31)21-7-6-17(3)22(28)13-21)26(32)27(33)30(24)15-18-5-4-12-29-14-18/h4-14,16,24,31H,15H2,1-3H3/t24-/m1/s1. The molecule has 5 nitrogen and oxygen atoms in total. The number of rotatable bonds is 5. The van der Waals surface area contributed by atoms with Crippen molar-refractivity contribution in [3.05, 3.63) is 106 Å². The van der Waals surface area contributed by atoms with Crippen LogP contribution in [0.25, 0.3) is 5.76 Å². The summed E-state index contributed by atoms with van der Waals surface area (Å²) < 4.78 is 14.2. The first-order valence-corrected chi connectivity index (χ1v) is 10.8. The molecule has 2 heterocycles. The summed E-state index contributed by atoms with van der Waals surface area (Å²) >= 11 is 0. The summed E-state index contributed by atoms with van der Waals surface area (Å²) in [6.45, 7) is 5.92. The number of benzene rings is 2. The number of amides is 1. The molecular formula is C27H25FN2O3. The van der Waals surface area contributed by atoms with Gasteiger partial charge in [0.15, 0.2) is 0 Å². The highest BCUT2D eigenvalue weighted by atomic mass is 19.1. The Kier molecular flexibility index (Phi) is 6.09. The van der Waals surface area contributed by atoms with E-state index >= 15 is 0 Å². The summed E-state index contributed by atoms with van der Waals surface area (Å²) in [4.78, 5) is 31.7. The predicted octanol–water partition coefficient (Wildman–Crippen LogP) is 5.27. The van der Waals surface area contributed by atoms with E-state index in [0.717, 1.165) is 11.1 Å². The third-order valence-corrected chi connectivity index (χ3v) is 5.98. The minimum Gasteiger partial charge on any atom is -0.507 e. The van der Waals surface area contributed by atoms with E-state index in [9.17, 15) is 19.1 Å². The van der Waals surface area contributed by atoms with E-state index in [2.05, 4.69) is 18.8 Å². The monoisotopic (exact) mass is 444 g/mol. The van der Waals surface area contributed by atoms with E-state index in [1.165, 1.54) is 17.0 Å². The van der Waals surface area contributed by atoms with Gasteiger partial charge in [0.05, 0.1) is 11.6 Å². The van der Waals surface area contributed by atoms with Crippen molar-refractivity contribution >= 4 is 17.4 Å². The molecule has 0 spiro atoms. The molecule has 0 unspecified atom stereocenters. The summed E-state index contributed by atoms with van der Waals surface area (Å²) in [5.41, 5.74) is 3.08. The second-order valence-corrected chi connectivity index (χ2v) is 8.57. The third-order valence-electron chi connectivity index (χ3n) is 5.98. The fraction of sp³-hybridized carbons (Fsp3) is 0.222. The number of aromatic nitrogens is 1. The molecule has 1 aliphatic heterocycles. The Labute approximate surface area is 192 Å². The lowest BCUT2D eigenvalue weighted by Gasteiger charge is -2.25. The van der Waals surface area contributed by atoms with Crippen molar-refractivity contribution in [1.29, 1.82) is 0 Å². The molecule has 168 valence electrons. The lowest BCUT2D eigenvalue weighted by atomic mass is 9.93. The van der Waals surface area contributed by atoms with Gasteiger partial charge in [-0.05, 0) is 47.2 Å². The molecule has 6 heteroatoms. The molecule has 33 heavy (non-hydrogen) atoms. The number of pyridine rings is 1. The topological polar surface area (TPSA) is 70.5 Å². The van der Waals surface area contributed by atoms with Crippen LogP contribution in [0.1, 0.15) is 53.6 Å². The molecular weight excluding hydrogens is 419 g/mol. The molecule has 0 aliphatic carbocycles. The number of aryl methyl sites for hydroxylation is 1. The number of hydrogen-bond donors (Lipinski definition) is 1. The Hall–Kier alpha value is -3.80. The molecule has 1 atom stereocenters. The van der Waals surface area contributed by atoms with Gasteiger partial charge in [-0.15, -0.1) is 0 Å². The number of halogens is 1. The van der Waals surface area contributed by atoms with Crippen LogP contribution < -0.4 is 0 Å². The zero-order valence-corrected chi connectivity index (χ0v) is 18.7. The van der Waals surface area contributed by atoms with Crippen LogP contribution in [0.3, 0.4) is 0 Å². The second kappa shape index (κ2) is 8.98.